The summed E-state index contributed by atoms with van der Waals surface area (Å²) in [5, 5.41) is 2.93. The Morgan fingerprint density at radius 1 is 1.28 bits per heavy atom. The van der Waals surface area contributed by atoms with E-state index in [4.69, 9.17) is 0 Å². The largest absolute Gasteiger partial charge is 0.416 e. The van der Waals surface area contributed by atoms with Crippen LogP contribution in [-0.4, -0.2) is 7.05 Å². The molecule has 100 valence electrons. The lowest BCUT2D eigenvalue weighted by molar-refractivity contribution is -0.137. The zero-order chi connectivity index (χ0) is 13.3. The predicted molar refractivity (Wildman–Crippen MR) is 60.5 cm³/mol. The van der Waals surface area contributed by atoms with Gasteiger partial charge in [0.05, 0.1) is 5.56 Å². The third kappa shape index (κ3) is 2.51. The van der Waals surface area contributed by atoms with E-state index in [9.17, 15) is 17.6 Å². The first-order valence-corrected chi connectivity index (χ1v) is 5.97. The Labute approximate surface area is 103 Å². The van der Waals surface area contributed by atoms with Gasteiger partial charge < -0.3 is 5.32 Å². The number of benzene rings is 1. The van der Waals surface area contributed by atoms with Gasteiger partial charge in [-0.1, -0.05) is 6.42 Å². The van der Waals surface area contributed by atoms with Crippen molar-refractivity contribution in [1.29, 1.82) is 0 Å². The molecule has 1 aromatic rings. The van der Waals surface area contributed by atoms with Crippen LogP contribution < -0.4 is 5.32 Å². The van der Waals surface area contributed by atoms with Crippen LogP contribution in [0.2, 0.25) is 0 Å². The number of halogens is 4. The van der Waals surface area contributed by atoms with Crippen molar-refractivity contribution in [3.8, 4) is 0 Å². The van der Waals surface area contributed by atoms with Gasteiger partial charge in [-0.25, -0.2) is 4.39 Å². The van der Waals surface area contributed by atoms with Crippen LogP contribution in [0.5, 0.6) is 0 Å². The van der Waals surface area contributed by atoms with Crippen molar-refractivity contribution in [3.05, 3.63) is 35.1 Å². The van der Waals surface area contributed by atoms with Gasteiger partial charge >= 0.3 is 6.18 Å². The van der Waals surface area contributed by atoms with E-state index >= 15 is 0 Å². The molecular formula is C13H15F4N. The third-order valence-corrected chi connectivity index (χ3v) is 3.59. The summed E-state index contributed by atoms with van der Waals surface area (Å²) in [6, 6.07) is 2.28. The Balaban J connectivity index is 2.35. The standard InChI is InChI=1S/C13H15F4N/c1-18-12(8-3-2-4-8)10-7-9(13(15,16)17)5-6-11(10)14/h5-8,12,18H,2-4H2,1H3. The molecule has 18 heavy (non-hydrogen) atoms. The monoisotopic (exact) mass is 261 g/mol. The SMILES string of the molecule is CNC(c1cc(C(F)(F)F)ccc1F)C1CCC1. The molecule has 1 aliphatic rings. The number of hydrogen-bond donors (Lipinski definition) is 1. The Bertz CT molecular complexity index is 423. The molecule has 1 saturated carbocycles. The number of alkyl halides is 3. The zero-order valence-electron chi connectivity index (χ0n) is 10.0. The molecule has 1 aliphatic carbocycles. The smallest absolute Gasteiger partial charge is 0.313 e. The van der Waals surface area contributed by atoms with Gasteiger partial charge in [0.25, 0.3) is 0 Å². The average Bonchev–Trinajstić information content (AvgIpc) is 2.22. The molecule has 0 aliphatic heterocycles. The van der Waals surface area contributed by atoms with E-state index < -0.39 is 17.6 Å². The van der Waals surface area contributed by atoms with E-state index in [1.807, 2.05) is 0 Å². The van der Waals surface area contributed by atoms with Crippen molar-refractivity contribution in [2.45, 2.75) is 31.5 Å². The fourth-order valence-electron chi connectivity index (χ4n) is 2.38. The van der Waals surface area contributed by atoms with Crippen LogP contribution >= 0.6 is 0 Å². The first-order chi connectivity index (χ1) is 8.43. The second kappa shape index (κ2) is 4.88. The Morgan fingerprint density at radius 3 is 2.39 bits per heavy atom. The highest BCUT2D eigenvalue weighted by Gasteiger charge is 2.34. The molecule has 0 heterocycles. The highest BCUT2D eigenvalue weighted by Crippen LogP contribution is 2.40. The quantitative estimate of drug-likeness (QED) is 0.813. The zero-order valence-corrected chi connectivity index (χ0v) is 10.0. The summed E-state index contributed by atoms with van der Waals surface area (Å²) in [5.41, 5.74) is -0.671. The summed E-state index contributed by atoms with van der Waals surface area (Å²) in [4.78, 5) is 0. The summed E-state index contributed by atoms with van der Waals surface area (Å²) >= 11 is 0. The molecule has 2 rings (SSSR count). The average molecular weight is 261 g/mol. The maximum Gasteiger partial charge on any atom is 0.416 e. The van der Waals surface area contributed by atoms with Gasteiger partial charge in [0, 0.05) is 11.6 Å². The van der Waals surface area contributed by atoms with Gasteiger partial charge in [0.2, 0.25) is 0 Å². The van der Waals surface area contributed by atoms with Crippen LogP contribution in [0.1, 0.15) is 36.4 Å². The fourth-order valence-corrected chi connectivity index (χ4v) is 2.38. The van der Waals surface area contributed by atoms with Gasteiger partial charge in [-0.15, -0.1) is 0 Å². The summed E-state index contributed by atoms with van der Waals surface area (Å²) in [6.45, 7) is 0. The summed E-state index contributed by atoms with van der Waals surface area (Å²) < 4.78 is 51.6. The van der Waals surface area contributed by atoms with Crippen LogP contribution in [-0.2, 0) is 6.18 Å². The molecule has 1 fully saturated rings. The van der Waals surface area contributed by atoms with Gasteiger partial charge in [0.1, 0.15) is 5.82 Å². The number of hydrogen-bond acceptors (Lipinski definition) is 1. The summed E-state index contributed by atoms with van der Waals surface area (Å²) in [5.74, 6) is -0.345. The molecule has 1 nitrogen and oxygen atoms in total. The maximum absolute atomic E-state index is 13.7. The van der Waals surface area contributed by atoms with E-state index in [1.54, 1.807) is 7.05 Å². The molecule has 0 aromatic heterocycles. The van der Waals surface area contributed by atoms with Crippen molar-refractivity contribution in [2.75, 3.05) is 7.05 Å². The molecule has 0 radical (unpaired) electrons. The van der Waals surface area contributed by atoms with E-state index in [2.05, 4.69) is 5.32 Å². The molecular weight excluding hydrogens is 246 g/mol. The molecule has 1 unspecified atom stereocenters. The number of nitrogens with one attached hydrogen (secondary N) is 1. The summed E-state index contributed by atoms with van der Waals surface area (Å²) in [6.07, 6.45) is -1.51. The van der Waals surface area contributed by atoms with Crippen molar-refractivity contribution < 1.29 is 17.6 Å². The second-order valence-corrected chi connectivity index (χ2v) is 4.69. The third-order valence-electron chi connectivity index (χ3n) is 3.59. The van der Waals surface area contributed by atoms with Crippen molar-refractivity contribution in [1.82, 2.24) is 5.32 Å². The summed E-state index contributed by atoms with van der Waals surface area (Å²) in [7, 11) is 1.66. The van der Waals surface area contributed by atoms with Crippen LogP contribution in [0.3, 0.4) is 0 Å². The van der Waals surface area contributed by atoms with Crippen LogP contribution in [0, 0.1) is 11.7 Å². The highest BCUT2D eigenvalue weighted by molar-refractivity contribution is 5.30. The molecule has 0 bridgehead atoms. The molecule has 5 heteroatoms. The van der Waals surface area contributed by atoms with Crippen LogP contribution in [0.15, 0.2) is 18.2 Å². The first kappa shape index (κ1) is 13.3. The van der Waals surface area contributed by atoms with E-state index in [0.29, 0.717) is 0 Å². The van der Waals surface area contributed by atoms with Gasteiger partial charge in [-0.3, -0.25) is 0 Å². The van der Waals surface area contributed by atoms with Gasteiger partial charge in [-0.2, -0.15) is 13.2 Å². The predicted octanol–water partition coefficient (Wildman–Crippen LogP) is 3.91. The Morgan fingerprint density at radius 2 is 1.94 bits per heavy atom. The lowest BCUT2D eigenvalue weighted by Crippen LogP contribution is -2.30. The van der Waals surface area contributed by atoms with E-state index in [0.717, 1.165) is 37.5 Å². The van der Waals surface area contributed by atoms with E-state index in [-0.39, 0.29) is 17.5 Å². The minimum atomic E-state index is -4.43. The Kier molecular flexibility index (Phi) is 3.61. The Hall–Kier alpha value is -1.10. The molecule has 1 N–H and O–H groups in total. The van der Waals surface area contributed by atoms with Crippen molar-refractivity contribution in [2.24, 2.45) is 5.92 Å². The van der Waals surface area contributed by atoms with E-state index in [1.165, 1.54) is 0 Å². The maximum atomic E-state index is 13.7. The van der Waals surface area contributed by atoms with Gasteiger partial charge in [-0.05, 0) is 44.0 Å². The molecule has 0 amide bonds. The lowest BCUT2D eigenvalue weighted by Gasteiger charge is -2.34. The molecule has 1 aromatic carbocycles. The topological polar surface area (TPSA) is 12.0 Å². The first-order valence-electron chi connectivity index (χ1n) is 5.97. The van der Waals surface area contributed by atoms with Crippen molar-refractivity contribution in [3.63, 3.8) is 0 Å². The van der Waals surface area contributed by atoms with Crippen LogP contribution in [0.4, 0.5) is 17.6 Å². The number of rotatable bonds is 3. The fraction of sp³-hybridized carbons (Fsp3) is 0.538. The normalized spacial score (nSPS) is 18.5. The molecule has 1 atom stereocenters. The molecule has 0 saturated heterocycles. The second-order valence-electron chi connectivity index (χ2n) is 4.69. The molecule has 0 spiro atoms. The van der Waals surface area contributed by atoms with Crippen LogP contribution in [0.25, 0.3) is 0 Å². The highest BCUT2D eigenvalue weighted by atomic mass is 19.4. The minimum Gasteiger partial charge on any atom is -0.313 e. The van der Waals surface area contributed by atoms with Crippen molar-refractivity contribution >= 4 is 0 Å². The lowest BCUT2D eigenvalue weighted by atomic mass is 9.77. The minimum absolute atomic E-state index is 0.122. The van der Waals surface area contributed by atoms with Gasteiger partial charge in [0.15, 0.2) is 0 Å².